The topological polar surface area (TPSA) is 75.7 Å². The van der Waals surface area contributed by atoms with Crippen molar-refractivity contribution in [3.8, 4) is 0 Å². The van der Waals surface area contributed by atoms with Gasteiger partial charge in [0.05, 0.1) is 25.2 Å². The van der Waals surface area contributed by atoms with E-state index < -0.39 is 16.1 Å². The lowest BCUT2D eigenvalue weighted by atomic mass is 10.2. The Morgan fingerprint density at radius 1 is 1.18 bits per heavy atom. The van der Waals surface area contributed by atoms with E-state index in [9.17, 15) is 13.2 Å². The van der Waals surface area contributed by atoms with Gasteiger partial charge in [-0.15, -0.1) is 0 Å². The van der Waals surface area contributed by atoms with Gasteiger partial charge >= 0.3 is 0 Å². The first kappa shape index (κ1) is 22.2. The van der Waals surface area contributed by atoms with Crippen molar-refractivity contribution in [3.63, 3.8) is 0 Å². The Hall–Kier alpha value is -2.09. The lowest BCUT2D eigenvalue weighted by Crippen LogP contribution is -2.49. The summed E-state index contributed by atoms with van der Waals surface area (Å²) < 4.78 is 31.4. The van der Waals surface area contributed by atoms with Crippen LogP contribution in [-0.2, 0) is 26.2 Å². The number of carbonyl (C=O) groups excluding carboxylic acids is 1. The Morgan fingerprint density at radius 2 is 1.89 bits per heavy atom. The summed E-state index contributed by atoms with van der Waals surface area (Å²) in [7, 11) is -3.68. The Morgan fingerprint density at radius 3 is 2.50 bits per heavy atom. The van der Waals surface area contributed by atoms with Gasteiger partial charge in [0.15, 0.2) is 0 Å². The summed E-state index contributed by atoms with van der Waals surface area (Å²) in [5.41, 5.74) is 1.40. The fraction of sp³-hybridized carbons (Fsp3) is 0.350. The summed E-state index contributed by atoms with van der Waals surface area (Å²) in [6, 6.07) is 15.3. The van der Waals surface area contributed by atoms with E-state index in [0.29, 0.717) is 30.3 Å². The molecule has 0 fully saturated rings. The molecule has 0 spiro atoms. The van der Waals surface area contributed by atoms with Crippen molar-refractivity contribution in [2.24, 2.45) is 0 Å². The second-order valence-corrected chi connectivity index (χ2v) is 8.59. The van der Waals surface area contributed by atoms with E-state index in [4.69, 9.17) is 16.3 Å². The average molecular weight is 425 g/mol. The lowest BCUT2D eigenvalue weighted by Gasteiger charge is -2.30. The molecule has 0 aliphatic heterocycles. The third kappa shape index (κ3) is 6.51. The molecule has 28 heavy (non-hydrogen) atoms. The largest absolute Gasteiger partial charge is 0.375 e. The van der Waals surface area contributed by atoms with Crippen LogP contribution in [-0.4, -0.2) is 39.8 Å². The number of rotatable bonds is 10. The smallest absolute Gasteiger partial charge is 0.243 e. The second-order valence-electron chi connectivity index (χ2n) is 6.29. The number of hydrogen-bond acceptors (Lipinski definition) is 4. The van der Waals surface area contributed by atoms with Crippen LogP contribution in [0.2, 0.25) is 5.02 Å². The van der Waals surface area contributed by atoms with Crippen LogP contribution < -0.4 is 9.62 Å². The van der Waals surface area contributed by atoms with Gasteiger partial charge in [0.25, 0.3) is 0 Å². The summed E-state index contributed by atoms with van der Waals surface area (Å²) in [5, 5.41) is 3.15. The normalized spacial score (nSPS) is 12.4. The van der Waals surface area contributed by atoms with Crippen LogP contribution in [0.25, 0.3) is 0 Å². The van der Waals surface area contributed by atoms with Crippen LogP contribution in [0.15, 0.2) is 54.6 Å². The molecule has 0 radical (unpaired) electrons. The molecule has 0 unspecified atom stereocenters. The van der Waals surface area contributed by atoms with Gasteiger partial charge in [-0.2, -0.15) is 0 Å². The molecule has 1 amide bonds. The molecule has 0 aromatic heterocycles. The molecule has 2 aromatic rings. The zero-order chi connectivity index (χ0) is 20.6. The number of benzene rings is 2. The maximum Gasteiger partial charge on any atom is 0.243 e. The van der Waals surface area contributed by atoms with Gasteiger partial charge in [0, 0.05) is 11.6 Å². The maximum atomic E-state index is 12.6. The molecule has 6 nitrogen and oxygen atoms in total. The number of sulfonamides is 1. The van der Waals surface area contributed by atoms with Crippen molar-refractivity contribution in [1.82, 2.24) is 5.32 Å². The van der Waals surface area contributed by atoms with Gasteiger partial charge in [-0.05, 0) is 30.2 Å². The van der Waals surface area contributed by atoms with E-state index in [2.05, 4.69) is 5.32 Å². The predicted octanol–water partition coefficient (Wildman–Crippen LogP) is 3.22. The van der Waals surface area contributed by atoms with Crippen molar-refractivity contribution >= 4 is 33.2 Å². The zero-order valence-electron chi connectivity index (χ0n) is 16.0. The van der Waals surface area contributed by atoms with Crippen molar-refractivity contribution in [2.75, 3.05) is 23.7 Å². The molecule has 0 aliphatic carbocycles. The molecule has 0 saturated heterocycles. The van der Waals surface area contributed by atoms with Crippen LogP contribution in [0.4, 0.5) is 5.69 Å². The molecule has 0 saturated carbocycles. The molecule has 0 aliphatic rings. The van der Waals surface area contributed by atoms with E-state index in [-0.39, 0.29) is 12.5 Å². The summed E-state index contributed by atoms with van der Waals surface area (Å²) in [6.45, 7) is 2.83. The van der Waals surface area contributed by atoms with E-state index in [1.165, 1.54) is 6.07 Å². The zero-order valence-corrected chi connectivity index (χ0v) is 17.5. The van der Waals surface area contributed by atoms with Crippen molar-refractivity contribution in [3.05, 3.63) is 65.2 Å². The summed E-state index contributed by atoms with van der Waals surface area (Å²) in [5.74, 6) is -0.379. The Balaban J connectivity index is 1.97. The van der Waals surface area contributed by atoms with Gasteiger partial charge in [0.1, 0.15) is 6.04 Å². The number of hydrogen-bond donors (Lipinski definition) is 1. The standard InChI is InChI=1S/C20H25ClN2O4S/c1-3-19(23(28(2,25)26)18-11-7-10-17(21)14-18)20(24)22-12-13-27-15-16-8-5-4-6-9-16/h4-11,14,19H,3,12-13,15H2,1-2H3,(H,22,24)/t19-/m1/s1. The number of anilines is 1. The third-order valence-electron chi connectivity index (χ3n) is 4.05. The highest BCUT2D eigenvalue weighted by atomic mass is 35.5. The molecule has 8 heteroatoms. The molecule has 1 atom stereocenters. The minimum atomic E-state index is -3.68. The summed E-state index contributed by atoms with van der Waals surface area (Å²) in [6.07, 6.45) is 1.39. The minimum absolute atomic E-state index is 0.287. The number of ether oxygens (including phenoxy) is 1. The molecule has 1 N–H and O–H groups in total. The quantitative estimate of drug-likeness (QED) is 0.594. The van der Waals surface area contributed by atoms with Crippen LogP contribution in [0.5, 0.6) is 0 Å². The van der Waals surface area contributed by atoms with Crippen LogP contribution in [0.1, 0.15) is 18.9 Å². The molecular formula is C20H25ClN2O4S. The maximum absolute atomic E-state index is 12.6. The molecule has 0 bridgehead atoms. The van der Waals surface area contributed by atoms with Gasteiger partial charge in [-0.25, -0.2) is 8.42 Å². The number of carbonyl (C=O) groups is 1. The number of nitrogens with one attached hydrogen (secondary N) is 1. The molecule has 152 valence electrons. The molecule has 0 heterocycles. The van der Waals surface area contributed by atoms with Gasteiger partial charge < -0.3 is 10.1 Å². The van der Waals surface area contributed by atoms with Crippen molar-refractivity contribution < 1.29 is 17.9 Å². The highest BCUT2D eigenvalue weighted by Crippen LogP contribution is 2.25. The number of amides is 1. The Labute approximate surface area is 171 Å². The van der Waals surface area contributed by atoms with Crippen LogP contribution in [0, 0.1) is 0 Å². The first-order valence-corrected chi connectivity index (χ1v) is 11.2. The highest BCUT2D eigenvalue weighted by Gasteiger charge is 2.31. The SMILES string of the molecule is CC[C@H](C(=O)NCCOCc1ccccc1)N(c1cccc(Cl)c1)S(C)(=O)=O. The Bertz CT molecular complexity index is 875. The fourth-order valence-corrected chi connectivity index (χ4v) is 4.19. The van der Waals surface area contributed by atoms with Gasteiger partial charge in [-0.1, -0.05) is 54.9 Å². The predicted molar refractivity (Wildman–Crippen MR) is 112 cm³/mol. The first-order chi connectivity index (χ1) is 13.3. The lowest BCUT2D eigenvalue weighted by molar-refractivity contribution is -0.122. The highest BCUT2D eigenvalue weighted by molar-refractivity contribution is 7.92. The van der Waals surface area contributed by atoms with E-state index >= 15 is 0 Å². The van der Waals surface area contributed by atoms with Crippen LogP contribution >= 0.6 is 11.6 Å². The van der Waals surface area contributed by atoms with Crippen molar-refractivity contribution in [1.29, 1.82) is 0 Å². The molecule has 2 aromatic carbocycles. The summed E-state index contributed by atoms with van der Waals surface area (Å²) >= 11 is 6.00. The molecule has 2 rings (SSSR count). The summed E-state index contributed by atoms with van der Waals surface area (Å²) in [4.78, 5) is 12.6. The van der Waals surface area contributed by atoms with Gasteiger partial charge in [-0.3, -0.25) is 9.10 Å². The van der Waals surface area contributed by atoms with E-state index in [1.807, 2.05) is 30.3 Å². The Kier molecular flexibility index (Phi) is 8.29. The van der Waals surface area contributed by atoms with E-state index in [0.717, 1.165) is 16.1 Å². The van der Waals surface area contributed by atoms with Gasteiger partial charge in [0.2, 0.25) is 15.9 Å². The number of halogens is 1. The fourth-order valence-electron chi connectivity index (χ4n) is 2.80. The average Bonchev–Trinajstić information content (AvgIpc) is 2.65. The molecular weight excluding hydrogens is 400 g/mol. The van der Waals surface area contributed by atoms with Crippen molar-refractivity contribution in [2.45, 2.75) is 26.0 Å². The van der Waals surface area contributed by atoms with Crippen LogP contribution in [0.3, 0.4) is 0 Å². The minimum Gasteiger partial charge on any atom is -0.375 e. The number of nitrogens with zero attached hydrogens (tertiary/aromatic N) is 1. The first-order valence-electron chi connectivity index (χ1n) is 8.97. The van der Waals surface area contributed by atoms with E-state index in [1.54, 1.807) is 25.1 Å². The second kappa shape index (κ2) is 10.5. The monoisotopic (exact) mass is 424 g/mol. The third-order valence-corrected chi connectivity index (χ3v) is 5.46.